The van der Waals surface area contributed by atoms with Gasteiger partial charge in [0.2, 0.25) is 0 Å². The van der Waals surface area contributed by atoms with Gasteiger partial charge in [0.1, 0.15) is 4.83 Å². The molecule has 0 spiro atoms. The van der Waals surface area contributed by atoms with Crippen molar-refractivity contribution in [1.82, 2.24) is 14.5 Å². The first-order chi connectivity index (χ1) is 9.19. The third kappa shape index (κ3) is 2.21. The van der Waals surface area contributed by atoms with Gasteiger partial charge >= 0.3 is 0 Å². The van der Waals surface area contributed by atoms with Crippen molar-refractivity contribution in [1.29, 1.82) is 0 Å². The molecule has 3 rings (SSSR count). The summed E-state index contributed by atoms with van der Waals surface area (Å²) in [6.45, 7) is 4.60. The second kappa shape index (κ2) is 4.86. The molecule has 0 unspecified atom stereocenters. The lowest BCUT2D eigenvalue weighted by Crippen LogP contribution is -2.20. The fourth-order valence-corrected chi connectivity index (χ4v) is 3.63. The van der Waals surface area contributed by atoms with Gasteiger partial charge in [-0.15, -0.1) is 22.7 Å². The number of rotatable bonds is 3. The number of thiazole rings is 1. The maximum absolute atomic E-state index is 12.4. The van der Waals surface area contributed by atoms with Crippen molar-refractivity contribution in [3.8, 4) is 0 Å². The minimum Gasteiger partial charge on any atom is -0.293 e. The van der Waals surface area contributed by atoms with Gasteiger partial charge in [-0.1, -0.05) is 6.92 Å². The molecule has 0 bridgehead atoms. The fourth-order valence-electron chi connectivity index (χ4n) is 1.93. The van der Waals surface area contributed by atoms with Crippen molar-refractivity contribution in [2.24, 2.45) is 0 Å². The van der Waals surface area contributed by atoms with Crippen molar-refractivity contribution in [2.45, 2.75) is 26.8 Å². The third-order valence-corrected chi connectivity index (χ3v) is 5.18. The summed E-state index contributed by atoms with van der Waals surface area (Å²) in [7, 11) is 0. The van der Waals surface area contributed by atoms with Crippen LogP contribution >= 0.6 is 22.7 Å². The minimum absolute atomic E-state index is 0.0359. The molecule has 0 radical (unpaired) electrons. The molecule has 3 heterocycles. The molecule has 98 valence electrons. The van der Waals surface area contributed by atoms with Crippen molar-refractivity contribution < 1.29 is 0 Å². The molecular formula is C13H13N3OS2. The SMILES string of the molecule is CCc1cc2c(=O)n(Cc3scnc3C)cnc2s1. The topological polar surface area (TPSA) is 47.8 Å². The van der Waals surface area contributed by atoms with Gasteiger partial charge in [-0.2, -0.15) is 0 Å². The highest BCUT2D eigenvalue weighted by Gasteiger charge is 2.10. The molecule has 3 aromatic rings. The van der Waals surface area contributed by atoms with Gasteiger partial charge in [0.25, 0.3) is 5.56 Å². The van der Waals surface area contributed by atoms with Gasteiger partial charge in [0, 0.05) is 9.75 Å². The smallest absolute Gasteiger partial charge is 0.262 e. The van der Waals surface area contributed by atoms with Crippen LogP contribution in [0.5, 0.6) is 0 Å². The number of aryl methyl sites for hydroxylation is 2. The molecule has 19 heavy (non-hydrogen) atoms. The average Bonchev–Trinajstić information content (AvgIpc) is 3.00. The van der Waals surface area contributed by atoms with Crippen LogP contribution in [-0.2, 0) is 13.0 Å². The Kier molecular flexibility index (Phi) is 3.20. The summed E-state index contributed by atoms with van der Waals surface area (Å²) in [6, 6.07) is 1.96. The first kappa shape index (κ1) is 12.5. The van der Waals surface area contributed by atoms with Crippen molar-refractivity contribution in [2.75, 3.05) is 0 Å². The van der Waals surface area contributed by atoms with E-state index in [2.05, 4.69) is 16.9 Å². The predicted molar refractivity (Wildman–Crippen MR) is 79.2 cm³/mol. The van der Waals surface area contributed by atoms with Crippen LogP contribution in [0.4, 0.5) is 0 Å². The predicted octanol–water partition coefficient (Wildman–Crippen LogP) is 2.83. The molecule has 0 aliphatic carbocycles. The maximum atomic E-state index is 12.4. The zero-order valence-corrected chi connectivity index (χ0v) is 12.3. The van der Waals surface area contributed by atoms with Crippen LogP contribution in [0, 0.1) is 6.92 Å². The third-order valence-electron chi connectivity index (χ3n) is 3.08. The molecule has 0 aromatic carbocycles. The number of fused-ring (bicyclic) bond motifs is 1. The lowest BCUT2D eigenvalue weighted by Gasteiger charge is -2.03. The number of thiophene rings is 1. The monoisotopic (exact) mass is 291 g/mol. The number of hydrogen-bond donors (Lipinski definition) is 0. The van der Waals surface area contributed by atoms with E-state index >= 15 is 0 Å². The molecule has 6 heteroatoms. The Hall–Kier alpha value is -1.53. The van der Waals surface area contributed by atoms with Crippen LogP contribution in [0.15, 0.2) is 22.7 Å². The molecule has 0 aliphatic heterocycles. The molecule has 4 nitrogen and oxygen atoms in total. The quantitative estimate of drug-likeness (QED) is 0.745. The summed E-state index contributed by atoms with van der Waals surface area (Å²) in [4.78, 5) is 24.1. The lowest BCUT2D eigenvalue weighted by atomic mass is 10.3. The normalized spacial score (nSPS) is 11.3. The van der Waals surface area contributed by atoms with Crippen LogP contribution in [0.2, 0.25) is 0 Å². The van der Waals surface area contributed by atoms with Crippen LogP contribution in [0.25, 0.3) is 10.2 Å². The molecule has 3 aromatic heterocycles. The first-order valence-corrected chi connectivity index (χ1v) is 7.75. The van der Waals surface area contributed by atoms with Gasteiger partial charge in [-0.25, -0.2) is 9.97 Å². The summed E-state index contributed by atoms with van der Waals surface area (Å²) in [5.74, 6) is 0. The molecule has 0 amide bonds. The Morgan fingerprint density at radius 2 is 2.21 bits per heavy atom. The molecule has 0 saturated carbocycles. The minimum atomic E-state index is 0.0359. The van der Waals surface area contributed by atoms with E-state index in [0.717, 1.165) is 27.2 Å². The molecule has 0 fully saturated rings. The van der Waals surface area contributed by atoms with E-state index in [0.29, 0.717) is 6.54 Å². The van der Waals surface area contributed by atoms with Crippen LogP contribution < -0.4 is 5.56 Å². The van der Waals surface area contributed by atoms with E-state index in [1.165, 1.54) is 4.88 Å². The summed E-state index contributed by atoms with van der Waals surface area (Å²) >= 11 is 3.17. The van der Waals surface area contributed by atoms with Gasteiger partial charge in [0.15, 0.2) is 0 Å². The van der Waals surface area contributed by atoms with E-state index in [-0.39, 0.29) is 5.56 Å². The zero-order valence-electron chi connectivity index (χ0n) is 10.7. The molecule has 0 atom stereocenters. The first-order valence-electron chi connectivity index (χ1n) is 6.06. The summed E-state index contributed by atoms with van der Waals surface area (Å²) in [5.41, 5.74) is 2.83. The Morgan fingerprint density at radius 3 is 2.89 bits per heavy atom. The Labute approximate surface area is 118 Å². The highest BCUT2D eigenvalue weighted by atomic mass is 32.1. The highest BCUT2D eigenvalue weighted by molar-refractivity contribution is 7.18. The van der Waals surface area contributed by atoms with Crippen molar-refractivity contribution in [3.05, 3.63) is 43.7 Å². The van der Waals surface area contributed by atoms with E-state index in [4.69, 9.17) is 0 Å². The van der Waals surface area contributed by atoms with Crippen molar-refractivity contribution in [3.63, 3.8) is 0 Å². The van der Waals surface area contributed by atoms with Gasteiger partial charge in [0.05, 0.1) is 29.5 Å². The van der Waals surface area contributed by atoms with E-state index < -0.39 is 0 Å². The summed E-state index contributed by atoms with van der Waals surface area (Å²) < 4.78 is 1.66. The second-order valence-corrected chi connectivity index (χ2v) is 6.38. The summed E-state index contributed by atoms with van der Waals surface area (Å²) in [5, 5.41) is 0.728. The van der Waals surface area contributed by atoms with Crippen molar-refractivity contribution >= 4 is 32.9 Å². The number of hydrogen-bond acceptors (Lipinski definition) is 5. The van der Waals surface area contributed by atoms with Gasteiger partial charge < -0.3 is 0 Å². The van der Waals surface area contributed by atoms with E-state index in [9.17, 15) is 4.79 Å². The van der Waals surface area contributed by atoms with Crippen LogP contribution in [0.1, 0.15) is 22.4 Å². The number of nitrogens with zero attached hydrogens (tertiary/aromatic N) is 3. The average molecular weight is 291 g/mol. The molecule has 0 saturated heterocycles. The molecule has 0 aliphatic rings. The largest absolute Gasteiger partial charge is 0.293 e. The van der Waals surface area contributed by atoms with Crippen LogP contribution in [-0.4, -0.2) is 14.5 Å². The van der Waals surface area contributed by atoms with Gasteiger partial charge in [-0.3, -0.25) is 9.36 Å². The second-order valence-electron chi connectivity index (χ2n) is 4.32. The Morgan fingerprint density at radius 1 is 1.37 bits per heavy atom. The van der Waals surface area contributed by atoms with E-state index in [1.807, 2.05) is 13.0 Å². The number of aromatic nitrogens is 3. The fraction of sp³-hybridized carbons (Fsp3) is 0.308. The highest BCUT2D eigenvalue weighted by Crippen LogP contribution is 2.21. The standard InChI is InChI=1S/C13H13N3OS2/c1-3-9-4-10-12(19-9)14-6-16(13(10)17)5-11-8(2)15-7-18-11/h4,6-7H,3,5H2,1-2H3. The lowest BCUT2D eigenvalue weighted by molar-refractivity contribution is 0.754. The molecular weight excluding hydrogens is 278 g/mol. The maximum Gasteiger partial charge on any atom is 0.262 e. The van der Waals surface area contributed by atoms with Gasteiger partial charge in [-0.05, 0) is 19.4 Å². The van der Waals surface area contributed by atoms with Crippen LogP contribution in [0.3, 0.4) is 0 Å². The summed E-state index contributed by atoms with van der Waals surface area (Å²) in [6.07, 6.45) is 2.58. The zero-order chi connectivity index (χ0) is 13.4. The molecule has 0 N–H and O–H groups in total. The Bertz CT molecular complexity index is 785. The Balaban J connectivity index is 2.07. The van der Waals surface area contributed by atoms with E-state index in [1.54, 1.807) is 39.1 Å².